The zero-order valence-electron chi connectivity index (χ0n) is 10.3. The van der Waals surface area contributed by atoms with E-state index >= 15 is 0 Å². The highest BCUT2D eigenvalue weighted by Crippen LogP contribution is 2.57. The Morgan fingerprint density at radius 2 is 2.06 bits per heavy atom. The van der Waals surface area contributed by atoms with Crippen molar-refractivity contribution >= 4 is 17.6 Å². The quantitative estimate of drug-likeness (QED) is 0.894. The van der Waals surface area contributed by atoms with Crippen molar-refractivity contribution in [3.8, 4) is 11.5 Å². The highest BCUT2D eigenvalue weighted by atomic mass is 35.5. The molecule has 0 aromatic heterocycles. The topological polar surface area (TPSA) is 55.8 Å². The monoisotopic (exact) mass is 270 g/mol. The zero-order chi connectivity index (χ0) is 13.3. The van der Waals surface area contributed by atoms with Gasteiger partial charge >= 0.3 is 5.97 Å². The molecule has 0 saturated heterocycles. The maximum atomic E-state index is 11.0. The molecule has 1 aromatic carbocycles. The van der Waals surface area contributed by atoms with Crippen LogP contribution in [0.25, 0.3) is 0 Å². The van der Waals surface area contributed by atoms with Gasteiger partial charge in [0.15, 0.2) is 11.5 Å². The van der Waals surface area contributed by atoms with Crippen LogP contribution >= 0.6 is 11.6 Å². The summed E-state index contributed by atoms with van der Waals surface area (Å²) in [6, 6.07) is 3.45. The number of carbonyl (C=O) groups is 1. The Balaban J connectivity index is 2.52. The van der Waals surface area contributed by atoms with Gasteiger partial charge in [0.1, 0.15) is 0 Å². The zero-order valence-corrected chi connectivity index (χ0v) is 11.1. The maximum Gasteiger partial charge on any atom is 0.304 e. The fourth-order valence-corrected chi connectivity index (χ4v) is 2.70. The largest absolute Gasteiger partial charge is 0.493 e. The van der Waals surface area contributed by atoms with Gasteiger partial charge in [-0.1, -0.05) is 11.6 Å². The first kappa shape index (κ1) is 13.0. The predicted octanol–water partition coefficient (Wildman–Crippen LogP) is 2.86. The standard InChI is InChI=1S/C13H15ClO4/c1-17-9-4-3-8(14)11(12(9)18-2)13(5-6-13)7-10(15)16/h3-4H,5-7H2,1-2H3,(H,15,16). The van der Waals surface area contributed by atoms with Crippen molar-refractivity contribution in [1.82, 2.24) is 0 Å². The Morgan fingerprint density at radius 1 is 1.39 bits per heavy atom. The molecule has 0 amide bonds. The summed E-state index contributed by atoms with van der Waals surface area (Å²) < 4.78 is 10.6. The molecule has 0 unspecified atom stereocenters. The Morgan fingerprint density at radius 3 is 2.50 bits per heavy atom. The smallest absolute Gasteiger partial charge is 0.304 e. The van der Waals surface area contributed by atoms with Crippen LogP contribution in [0.4, 0.5) is 0 Å². The lowest BCUT2D eigenvalue weighted by Gasteiger charge is -2.20. The molecule has 1 saturated carbocycles. The first-order valence-electron chi connectivity index (χ1n) is 5.67. The van der Waals surface area contributed by atoms with Crippen LogP contribution in [0.15, 0.2) is 12.1 Å². The third-order valence-electron chi connectivity index (χ3n) is 3.37. The van der Waals surface area contributed by atoms with Gasteiger partial charge in [-0.05, 0) is 25.0 Å². The van der Waals surface area contributed by atoms with E-state index in [2.05, 4.69) is 0 Å². The van der Waals surface area contributed by atoms with E-state index in [4.69, 9.17) is 26.2 Å². The summed E-state index contributed by atoms with van der Waals surface area (Å²) in [5.74, 6) is 0.297. The van der Waals surface area contributed by atoms with Crippen molar-refractivity contribution in [2.75, 3.05) is 14.2 Å². The Labute approximate surface area is 110 Å². The molecule has 0 heterocycles. The number of halogens is 1. The molecule has 1 N–H and O–H groups in total. The van der Waals surface area contributed by atoms with Gasteiger partial charge in [-0.15, -0.1) is 0 Å². The molecule has 0 bridgehead atoms. The molecule has 0 radical (unpaired) electrons. The molecule has 4 nitrogen and oxygen atoms in total. The van der Waals surface area contributed by atoms with Crippen LogP contribution in [0.3, 0.4) is 0 Å². The maximum absolute atomic E-state index is 11.0. The van der Waals surface area contributed by atoms with Crippen molar-refractivity contribution in [1.29, 1.82) is 0 Å². The highest BCUT2D eigenvalue weighted by Gasteiger charge is 2.49. The molecular weight excluding hydrogens is 256 g/mol. The van der Waals surface area contributed by atoms with Crippen molar-refractivity contribution in [3.05, 3.63) is 22.7 Å². The number of hydrogen-bond donors (Lipinski definition) is 1. The molecule has 1 aliphatic carbocycles. The second-order valence-corrected chi connectivity index (χ2v) is 4.92. The molecule has 0 aliphatic heterocycles. The van der Waals surface area contributed by atoms with Gasteiger partial charge < -0.3 is 14.6 Å². The summed E-state index contributed by atoms with van der Waals surface area (Å²) in [5, 5.41) is 9.55. The lowest BCUT2D eigenvalue weighted by Crippen LogP contribution is -2.15. The molecular formula is C13H15ClO4. The van der Waals surface area contributed by atoms with Crippen molar-refractivity contribution in [2.24, 2.45) is 0 Å². The van der Waals surface area contributed by atoms with Crippen molar-refractivity contribution < 1.29 is 19.4 Å². The van der Waals surface area contributed by atoms with E-state index < -0.39 is 11.4 Å². The summed E-state index contributed by atoms with van der Waals surface area (Å²) in [7, 11) is 3.08. The number of ether oxygens (including phenoxy) is 2. The van der Waals surface area contributed by atoms with E-state index in [9.17, 15) is 4.79 Å². The number of rotatable bonds is 5. The Bertz CT molecular complexity index is 480. The van der Waals surface area contributed by atoms with Crippen LogP contribution in [0.2, 0.25) is 5.02 Å². The molecule has 5 heteroatoms. The van der Waals surface area contributed by atoms with Crippen molar-refractivity contribution in [2.45, 2.75) is 24.7 Å². The van der Waals surface area contributed by atoms with Gasteiger partial charge in [-0.3, -0.25) is 4.79 Å². The minimum Gasteiger partial charge on any atom is -0.493 e. The van der Waals surface area contributed by atoms with Gasteiger partial charge in [-0.25, -0.2) is 0 Å². The van der Waals surface area contributed by atoms with Crippen LogP contribution in [0.5, 0.6) is 11.5 Å². The lowest BCUT2D eigenvalue weighted by atomic mass is 9.91. The molecule has 1 fully saturated rings. The van der Waals surface area contributed by atoms with Gasteiger partial charge in [0.05, 0.1) is 20.6 Å². The third-order valence-corrected chi connectivity index (χ3v) is 3.68. The number of benzene rings is 1. The summed E-state index contributed by atoms with van der Waals surface area (Å²) in [4.78, 5) is 11.0. The molecule has 1 aliphatic rings. The fourth-order valence-electron chi connectivity index (χ4n) is 2.35. The third kappa shape index (κ3) is 2.12. The van der Waals surface area contributed by atoms with E-state index in [0.29, 0.717) is 16.5 Å². The molecule has 0 spiro atoms. The van der Waals surface area contributed by atoms with E-state index in [0.717, 1.165) is 18.4 Å². The van der Waals surface area contributed by atoms with Crippen molar-refractivity contribution in [3.63, 3.8) is 0 Å². The first-order chi connectivity index (χ1) is 8.54. The summed E-state index contributed by atoms with van der Waals surface area (Å²) in [5.41, 5.74) is 0.358. The Kier molecular flexibility index (Phi) is 3.39. The van der Waals surface area contributed by atoms with E-state index in [1.54, 1.807) is 19.2 Å². The summed E-state index contributed by atoms with van der Waals surface area (Å²) in [6.45, 7) is 0. The molecule has 1 aromatic rings. The molecule has 2 rings (SSSR count). The number of hydrogen-bond acceptors (Lipinski definition) is 3. The molecule has 18 heavy (non-hydrogen) atoms. The van der Waals surface area contributed by atoms with Crippen LogP contribution in [0, 0.1) is 0 Å². The number of aliphatic carboxylic acids is 1. The van der Waals surface area contributed by atoms with Crippen LogP contribution in [-0.2, 0) is 10.2 Å². The highest BCUT2D eigenvalue weighted by molar-refractivity contribution is 6.31. The number of carboxylic acid groups (broad SMARTS) is 1. The van der Waals surface area contributed by atoms with Gasteiger partial charge in [0.25, 0.3) is 0 Å². The van der Waals surface area contributed by atoms with E-state index in [1.165, 1.54) is 7.11 Å². The van der Waals surface area contributed by atoms with Crippen LogP contribution in [0.1, 0.15) is 24.8 Å². The van der Waals surface area contributed by atoms with Gasteiger partial charge in [0, 0.05) is 16.0 Å². The number of methoxy groups -OCH3 is 2. The van der Waals surface area contributed by atoms with Gasteiger partial charge in [-0.2, -0.15) is 0 Å². The Hall–Kier alpha value is -1.42. The predicted molar refractivity (Wildman–Crippen MR) is 67.7 cm³/mol. The second kappa shape index (κ2) is 4.69. The fraction of sp³-hybridized carbons (Fsp3) is 0.462. The SMILES string of the molecule is COc1ccc(Cl)c(C2(CC(=O)O)CC2)c1OC. The van der Waals surface area contributed by atoms with E-state index in [1.807, 2.05) is 0 Å². The minimum absolute atomic E-state index is 0.0657. The normalized spacial score (nSPS) is 16.2. The average molecular weight is 271 g/mol. The lowest BCUT2D eigenvalue weighted by molar-refractivity contribution is -0.137. The van der Waals surface area contributed by atoms with Crippen LogP contribution < -0.4 is 9.47 Å². The van der Waals surface area contributed by atoms with Crippen LogP contribution in [-0.4, -0.2) is 25.3 Å². The summed E-state index contributed by atoms with van der Waals surface area (Å²) >= 11 is 6.22. The molecule has 98 valence electrons. The minimum atomic E-state index is -0.826. The summed E-state index contributed by atoms with van der Waals surface area (Å²) in [6.07, 6.45) is 1.68. The first-order valence-corrected chi connectivity index (χ1v) is 6.04. The molecule has 0 atom stereocenters. The van der Waals surface area contributed by atoms with Gasteiger partial charge in [0.2, 0.25) is 0 Å². The van der Waals surface area contributed by atoms with E-state index in [-0.39, 0.29) is 6.42 Å². The number of carboxylic acids is 1. The second-order valence-electron chi connectivity index (χ2n) is 4.51. The average Bonchev–Trinajstić information content (AvgIpc) is 3.07.